The Balaban J connectivity index is 1.57. The lowest BCUT2D eigenvalue weighted by atomic mass is 10.1. The summed E-state index contributed by atoms with van der Waals surface area (Å²) in [5.74, 6) is 0. The number of hydrogen-bond acceptors (Lipinski definition) is 4. The van der Waals surface area contributed by atoms with Crippen molar-refractivity contribution >= 4 is 10.0 Å². The zero-order valence-electron chi connectivity index (χ0n) is 9.44. The molecule has 0 atom stereocenters. The highest BCUT2D eigenvalue weighted by Gasteiger charge is 2.35. The van der Waals surface area contributed by atoms with Crippen LogP contribution in [-0.2, 0) is 14.8 Å². The van der Waals surface area contributed by atoms with Gasteiger partial charge in [0.05, 0.1) is 18.0 Å². The van der Waals surface area contributed by atoms with Gasteiger partial charge < -0.3 is 10.1 Å². The molecule has 6 heteroatoms. The minimum atomic E-state index is -3.03. The van der Waals surface area contributed by atoms with Crippen LogP contribution in [0.25, 0.3) is 0 Å². The van der Waals surface area contributed by atoms with Gasteiger partial charge in [-0.3, -0.25) is 0 Å². The Hall–Kier alpha value is -0.170. The third-order valence-electron chi connectivity index (χ3n) is 3.01. The maximum Gasteiger partial charge on any atom is 0.214 e. The van der Waals surface area contributed by atoms with E-state index in [4.69, 9.17) is 4.74 Å². The molecule has 0 aromatic rings. The molecule has 0 amide bonds. The van der Waals surface area contributed by atoms with Crippen LogP contribution in [0, 0.1) is 0 Å². The van der Waals surface area contributed by atoms with Crippen LogP contribution in [0.1, 0.15) is 25.7 Å². The van der Waals surface area contributed by atoms with Crippen LogP contribution >= 0.6 is 0 Å². The van der Waals surface area contributed by atoms with Gasteiger partial charge in [-0.25, -0.2) is 13.1 Å². The average molecular weight is 248 g/mol. The van der Waals surface area contributed by atoms with Crippen molar-refractivity contribution in [3.8, 4) is 0 Å². The van der Waals surface area contributed by atoms with Crippen LogP contribution in [0.3, 0.4) is 0 Å². The summed E-state index contributed by atoms with van der Waals surface area (Å²) in [5.41, 5.74) is 0. The number of sulfonamides is 1. The first-order valence-corrected chi connectivity index (χ1v) is 7.54. The average Bonchev–Trinajstić information content (AvgIpc) is 3.10. The minimum absolute atomic E-state index is 0.133. The van der Waals surface area contributed by atoms with E-state index in [0.29, 0.717) is 19.3 Å². The molecule has 2 rings (SSSR count). The monoisotopic (exact) mass is 248 g/mol. The van der Waals surface area contributed by atoms with Gasteiger partial charge in [-0.15, -0.1) is 0 Å². The van der Waals surface area contributed by atoms with Gasteiger partial charge in [-0.05, 0) is 38.8 Å². The van der Waals surface area contributed by atoms with E-state index in [1.54, 1.807) is 0 Å². The first-order valence-electron chi connectivity index (χ1n) is 5.99. The topological polar surface area (TPSA) is 67.4 Å². The number of hydrogen-bond donors (Lipinski definition) is 2. The standard InChI is InChI=1S/C10H20N2O3S/c13-16(14,10-1-2-10)12-7-8-15-9-3-5-11-6-4-9/h9-12H,1-8H2. The van der Waals surface area contributed by atoms with E-state index in [0.717, 1.165) is 38.8 Å². The molecule has 1 saturated carbocycles. The third-order valence-corrected chi connectivity index (χ3v) is 4.96. The molecule has 2 N–H and O–H groups in total. The van der Waals surface area contributed by atoms with Crippen LogP contribution in [-0.4, -0.2) is 46.0 Å². The first-order chi connectivity index (χ1) is 7.68. The Morgan fingerprint density at radius 2 is 1.88 bits per heavy atom. The summed E-state index contributed by atoms with van der Waals surface area (Å²) in [6.45, 7) is 2.89. The molecule has 0 bridgehead atoms. The van der Waals surface area contributed by atoms with Crippen LogP contribution in [0.4, 0.5) is 0 Å². The Morgan fingerprint density at radius 3 is 2.50 bits per heavy atom. The molecule has 2 fully saturated rings. The smallest absolute Gasteiger partial charge is 0.214 e. The summed E-state index contributed by atoms with van der Waals surface area (Å²) in [5, 5.41) is 3.13. The lowest BCUT2D eigenvalue weighted by molar-refractivity contribution is 0.0367. The zero-order chi connectivity index (χ0) is 11.4. The van der Waals surface area contributed by atoms with E-state index >= 15 is 0 Å². The summed E-state index contributed by atoms with van der Waals surface area (Å²) in [7, 11) is -3.03. The Bertz CT molecular complexity index is 308. The lowest BCUT2D eigenvalue weighted by Crippen LogP contribution is -2.35. The highest BCUT2D eigenvalue weighted by Crippen LogP contribution is 2.27. The zero-order valence-corrected chi connectivity index (χ0v) is 10.3. The van der Waals surface area contributed by atoms with Gasteiger partial charge in [0, 0.05) is 6.54 Å². The number of rotatable bonds is 6. The van der Waals surface area contributed by atoms with Gasteiger partial charge in [-0.2, -0.15) is 0 Å². The number of piperidine rings is 1. The van der Waals surface area contributed by atoms with Crippen LogP contribution in [0.15, 0.2) is 0 Å². The SMILES string of the molecule is O=S(=O)(NCCOC1CCNCC1)C1CC1. The summed E-state index contributed by atoms with van der Waals surface area (Å²) in [4.78, 5) is 0. The first kappa shape index (κ1) is 12.3. The fourth-order valence-corrected chi connectivity index (χ4v) is 3.23. The van der Waals surface area contributed by atoms with E-state index in [1.165, 1.54) is 0 Å². The van der Waals surface area contributed by atoms with Crippen molar-refractivity contribution in [3.63, 3.8) is 0 Å². The van der Waals surface area contributed by atoms with Gasteiger partial charge in [0.2, 0.25) is 10.0 Å². The molecule has 1 heterocycles. The molecule has 1 aliphatic heterocycles. The molecule has 0 spiro atoms. The molecule has 5 nitrogen and oxygen atoms in total. The van der Waals surface area contributed by atoms with Crippen molar-refractivity contribution in [2.75, 3.05) is 26.2 Å². The van der Waals surface area contributed by atoms with Crippen molar-refractivity contribution in [2.45, 2.75) is 37.0 Å². The Labute approximate surface area is 97.0 Å². The second-order valence-electron chi connectivity index (χ2n) is 4.46. The van der Waals surface area contributed by atoms with Gasteiger partial charge >= 0.3 is 0 Å². The van der Waals surface area contributed by atoms with E-state index < -0.39 is 10.0 Å². The number of ether oxygens (including phenoxy) is 1. The van der Waals surface area contributed by atoms with Crippen molar-refractivity contribution in [1.82, 2.24) is 10.0 Å². The van der Waals surface area contributed by atoms with Crippen molar-refractivity contribution < 1.29 is 13.2 Å². The molecule has 0 unspecified atom stereocenters. The molecule has 94 valence electrons. The second kappa shape index (κ2) is 5.44. The van der Waals surface area contributed by atoms with Gasteiger partial charge in [-0.1, -0.05) is 0 Å². The summed E-state index contributed by atoms with van der Waals surface area (Å²) < 4.78 is 31.1. The third kappa shape index (κ3) is 3.69. The fourth-order valence-electron chi connectivity index (χ4n) is 1.87. The maximum absolute atomic E-state index is 11.5. The van der Waals surface area contributed by atoms with E-state index in [2.05, 4.69) is 10.0 Å². The molecular weight excluding hydrogens is 228 g/mol. The van der Waals surface area contributed by atoms with Crippen LogP contribution < -0.4 is 10.0 Å². The summed E-state index contributed by atoms with van der Waals surface area (Å²) in [6, 6.07) is 0. The highest BCUT2D eigenvalue weighted by molar-refractivity contribution is 7.90. The molecule has 0 radical (unpaired) electrons. The molecule has 1 aliphatic carbocycles. The summed E-state index contributed by atoms with van der Waals surface area (Å²) in [6.07, 6.45) is 3.96. The molecule has 16 heavy (non-hydrogen) atoms. The maximum atomic E-state index is 11.5. The van der Waals surface area contributed by atoms with Gasteiger partial charge in [0.1, 0.15) is 0 Å². The normalized spacial score (nSPS) is 23.5. The quantitative estimate of drug-likeness (QED) is 0.641. The predicted molar refractivity (Wildman–Crippen MR) is 61.8 cm³/mol. The van der Waals surface area contributed by atoms with Crippen LogP contribution in [0.2, 0.25) is 0 Å². The Morgan fingerprint density at radius 1 is 1.19 bits per heavy atom. The van der Waals surface area contributed by atoms with Crippen LogP contribution in [0.5, 0.6) is 0 Å². The molecule has 0 aromatic carbocycles. The van der Waals surface area contributed by atoms with Crippen molar-refractivity contribution in [2.24, 2.45) is 0 Å². The minimum Gasteiger partial charge on any atom is -0.377 e. The predicted octanol–water partition coefficient (Wildman–Crippen LogP) is -0.163. The van der Waals surface area contributed by atoms with Crippen molar-refractivity contribution in [3.05, 3.63) is 0 Å². The largest absolute Gasteiger partial charge is 0.377 e. The molecule has 2 aliphatic rings. The van der Waals surface area contributed by atoms with Gasteiger partial charge in [0.15, 0.2) is 0 Å². The Kier molecular flexibility index (Phi) is 4.18. The molecular formula is C10H20N2O3S. The van der Waals surface area contributed by atoms with Crippen molar-refractivity contribution in [1.29, 1.82) is 0 Å². The fraction of sp³-hybridized carbons (Fsp3) is 1.00. The molecule has 0 aromatic heterocycles. The van der Waals surface area contributed by atoms with Gasteiger partial charge in [0.25, 0.3) is 0 Å². The summed E-state index contributed by atoms with van der Waals surface area (Å²) >= 11 is 0. The van der Waals surface area contributed by atoms with E-state index in [1.807, 2.05) is 0 Å². The highest BCUT2D eigenvalue weighted by atomic mass is 32.2. The number of nitrogens with one attached hydrogen (secondary N) is 2. The van der Waals surface area contributed by atoms with E-state index in [-0.39, 0.29) is 5.25 Å². The molecule has 1 saturated heterocycles. The second-order valence-corrected chi connectivity index (χ2v) is 6.50. The van der Waals surface area contributed by atoms with E-state index in [9.17, 15) is 8.42 Å². The lowest BCUT2D eigenvalue weighted by Gasteiger charge is -2.22.